The molecule has 0 aliphatic carbocycles. The van der Waals surface area contributed by atoms with Crippen LogP contribution in [0.15, 0.2) is 182 Å². The molecule has 0 amide bonds. The van der Waals surface area contributed by atoms with Crippen LogP contribution in [0.25, 0.3) is 0 Å². The average Bonchev–Trinajstić information content (AvgIpc) is 3.01. The number of halogens is 6. The molecular formula is C36H30I6. The van der Waals surface area contributed by atoms with Crippen LogP contribution in [0.2, 0.25) is 0 Å². The van der Waals surface area contributed by atoms with E-state index in [0.29, 0.717) is 0 Å². The molecule has 0 nitrogen and oxygen atoms in total. The summed E-state index contributed by atoms with van der Waals surface area (Å²) in [7, 11) is 0. The van der Waals surface area contributed by atoms with Crippen LogP contribution in [0.5, 0.6) is 0 Å². The largest absolute Gasteiger partial charge is 1.00 e. The molecule has 0 bridgehead atoms. The third kappa shape index (κ3) is 16.7. The molecule has 0 aliphatic rings. The van der Waals surface area contributed by atoms with Gasteiger partial charge in [0.15, 0.2) is 21.4 Å². The fourth-order valence-corrected chi connectivity index (χ4v) is 10.1. The van der Waals surface area contributed by atoms with E-state index in [1.165, 1.54) is 21.4 Å². The quantitative estimate of drug-likeness (QED) is 0.146. The van der Waals surface area contributed by atoms with E-state index in [0.717, 1.165) is 0 Å². The Morgan fingerprint density at radius 3 is 0.429 bits per heavy atom. The molecule has 6 rings (SSSR count). The summed E-state index contributed by atoms with van der Waals surface area (Å²) in [6.45, 7) is 0. The molecule has 6 heteroatoms. The number of rotatable bonds is 6. The summed E-state index contributed by atoms with van der Waals surface area (Å²) in [5.41, 5.74) is 0. The third-order valence-electron chi connectivity index (χ3n) is 5.05. The Kier molecular flexibility index (Phi) is 23.6. The van der Waals surface area contributed by atoms with Crippen molar-refractivity contribution in [3.8, 4) is 0 Å². The molecule has 0 atom stereocenters. The van der Waals surface area contributed by atoms with Crippen molar-refractivity contribution in [2.24, 2.45) is 0 Å². The lowest BCUT2D eigenvalue weighted by atomic mass is 10.4. The Hall–Kier alpha value is -0.300. The van der Waals surface area contributed by atoms with Gasteiger partial charge in [-0.3, -0.25) is 0 Å². The van der Waals surface area contributed by atoms with Gasteiger partial charge in [-0.1, -0.05) is 109 Å². The van der Waals surface area contributed by atoms with Gasteiger partial charge in [0.2, 0.25) is 0 Å². The fourth-order valence-electron chi connectivity index (χ4n) is 3.24. The molecule has 0 fully saturated rings. The molecule has 216 valence electrons. The van der Waals surface area contributed by atoms with Gasteiger partial charge in [0.1, 0.15) is 0 Å². The maximum absolute atomic E-state index is 2.21. The molecule has 6 aromatic rings. The van der Waals surface area contributed by atoms with Gasteiger partial charge in [-0.2, -0.15) is 0 Å². The second-order valence-corrected chi connectivity index (χ2v) is 17.1. The molecule has 0 N–H and O–H groups in total. The maximum atomic E-state index is 2.21. The van der Waals surface area contributed by atoms with E-state index in [4.69, 9.17) is 0 Å². The SMILES string of the molecule is [I-].[I-].[I-].c1ccc([I+]c2ccccc2)cc1.c1ccc([I+]c2ccccc2)cc1.c1ccc([I+]c2ccccc2)cc1. The van der Waals surface area contributed by atoms with Gasteiger partial charge in [0, 0.05) is 0 Å². The molecule has 0 unspecified atom stereocenters. The second kappa shape index (κ2) is 25.0. The van der Waals surface area contributed by atoms with E-state index in [-0.39, 0.29) is 136 Å². The summed E-state index contributed by atoms with van der Waals surface area (Å²) in [5.74, 6) is 0. The van der Waals surface area contributed by atoms with Gasteiger partial charge in [0.05, 0.1) is 0 Å². The van der Waals surface area contributed by atoms with Crippen LogP contribution in [-0.4, -0.2) is 0 Å². The van der Waals surface area contributed by atoms with Crippen molar-refractivity contribution in [3.05, 3.63) is 203 Å². The van der Waals surface area contributed by atoms with E-state index in [9.17, 15) is 0 Å². The lowest BCUT2D eigenvalue weighted by Gasteiger charge is -1.84. The van der Waals surface area contributed by atoms with Crippen molar-refractivity contribution < 1.29 is 136 Å². The summed E-state index contributed by atoms with van der Waals surface area (Å²) in [5, 5.41) is 0. The number of benzene rings is 6. The summed E-state index contributed by atoms with van der Waals surface area (Å²) in [6, 6.07) is 64.2. The van der Waals surface area contributed by atoms with Crippen molar-refractivity contribution in [2.75, 3.05) is 0 Å². The molecule has 42 heavy (non-hydrogen) atoms. The van der Waals surface area contributed by atoms with E-state index < -0.39 is 0 Å². The fraction of sp³-hybridized carbons (Fsp3) is 0. The highest BCUT2D eigenvalue weighted by Gasteiger charge is 2.14. The van der Waals surface area contributed by atoms with Gasteiger partial charge in [-0.25, -0.2) is 0 Å². The van der Waals surface area contributed by atoms with Crippen molar-refractivity contribution in [3.63, 3.8) is 0 Å². The zero-order valence-corrected chi connectivity index (χ0v) is 35.5. The summed E-state index contributed by atoms with van der Waals surface area (Å²) >= 11 is 0.0861. The van der Waals surface area contributed by atoms with Crippen LogP contribution in [0.4, 0.5) is 0 Å². The zero-order chi connectivity index (χ0) is 26.8. The minimum absolute atomic E-state index is 0. The summed E-state index contributed by atoms with van der Waals surface area (Å²) in [6.07, 6.45) is 0. The molecule has 0 heterocycles. The standard InChI is InChI=1S/3C12H10I.3HI/c3*1-3-7-11(8-4-1)13-12-9-5-2-6-10-12;;;/h3*1-10H;3*1H/q3*+1;;;/p-3. The Labute approximate surface area is 333 Å². The lowest BCUT2D eigenvalue weighted by molar-refractivity contribution is -0.597. The molecule has 0 saturated carbocycles. The van der Waals surface area contributed by atoms with Crippen LogP contribution in [-0.2, 0) is 0 Å². The van der Waals surface area contributed by atoms with E-state index in [2.05, 4.69) is 182 Å². The van der Waals surface area contributed by atoms with Crippen molar-refractivity contribution in [1.29, 1.82) is 0 Å². The van der Waals surface area contributed by atoms with Gasteiger partial charge in [-0.05, 0) is 72.8 Å². The Morgan fingerprint density at radius 1 is 0.190 bits per heavy atom. The zero-order valence-electron chi connectivity index (χ0n) is 22.6. The topological polar surface area (TPSA) is 0 Å². The van der Waals surface area contributed by atoms with E-state index in [1.807, 2.05) is 0 Å². The van der Waals surface area contributed by atoms with Crippen molar-refractivity contribution in [2.45, 2.75) is 0 Å². The molecule has 0 aliphatic heterocycles. The maximum Gasteiger partial charge on any atom is 0.357 e. The van der Waals surface area contributed by atoms with E-state index in [1.54, 1.807) is 0 Å². The monoisotopic (exact) mass is 1220 g/mol. The highest BCUT2D eigenvalue weighted by atomic mass is 127. The normalized spacial score (nSPS) is 9.14. The minimum Gasteiger partial charge on any atom is -1.00 e. The van der Waals surface area contributed by atoms with Crippen molar-refractivity contribution in [1.82, 2.24) is 0 Å². The second-order valence-electron chi connectivity index (χ2n) is 8.06. The first-order chi connectivity index (χ1) is 19.3. The third-order valence-corrected chi connectivity index (χ3v) is 13.1. The predicted molar refractivity (Wildman–Crippen MR) is 151 cm³/mol. The van der Waals surface area contributed by atoms with Crippen LogP contribution in [0, 0.1) is 21.4 Å². The van der Waals surface area contributed by atoms with Crippen LogP contribution in [0.1, 0.15) is 0 Å². The average molecular weight is 1220 g/mol. The van der Waals surface area contributed by atoms with Gasteiger partial charge < -0.3 is 71.9 Å². The Morgan fingerprint density at radius 2 is 0.310 bits per heavy atom. The van der Waals surface area contributed by atoms with Gasteiger partial charge in [0.25, 0.3) is 0 Å². The Bertz CT molecular complexity index is 1140. The molecule has 0 spiro atoms. The minimum atomic E-state index is 0. The molecule has 6 aromatic carbocycles. The Balaban J connectivity index is 0.000000304. The molecule has 0 radical (unpaired) electrons. The number of hydrogen-bond donors (Lipinski definition) is 0. The smallest absolute Gasteiger partial charge is 0.357 e. The molecule has 0 aromatic heterocycles. The first kappa shape index (κ1) is 39.7. The molecular weight excluding hydrogens is 1190 g/mol. The highest BCUT2D eigenvalue weighted by Crippen LogP contribution is 1.88. The lowest BCUT2D eigenvalue weighted by Crippen LogP contribution is -3.61. The van der Waals surface area contributed by atoms with Crippen LogP contribution < -0.4 is 136 Å². The molecule has 0 saturated heterocycles. The van der Waals surface area contributed by atoms with Crippen LogP contribution in [0.3, 0.4) is 0 Å². The van der Waals surface area contributed by atoms with Crippen molar-refractivity contribution >= 4 is 0 Å². The van der Waals surface area contributed by atoms with Crippen LogP contribution >= 0.6 is 0 Å². The number of hydrogen-bond acceptors (Lipinski definition) is 0. The predicted octanol–water partition coefficient (Wildman–Crippen LogP) is -9.54. The summed E-state index contributed by atoms with van der Waals surface area (Å²) in [4.78, 5) is 0. The summed E-state index contributed by atoms with van der Waals surface area (Å²) < 4.78 is 8.88. The highest BCUT2D eigenvalue weighted by molar-refractivity contribution is 5.05. The first-order valence-corrected chi connectivity index (χ1v) is 19.1. The van der Waals surface area contributed by atoms with Gasteiger partial charge in [-0.15, -0.1) is 0 Å². The first-order valence-electron chi connectivity index (χ1n) is 12.6. The van der Waals surface area contributed by atoms with Gasteiger partial charge >= 0.3 is 63.6 Å². The van der Waals surface area contributed by atoms with E-state index >= 15 is 0 Å².